The van der Waals surface area contributed by atoms with Crippen molar-refractivity contribution in [1.29, 1.82) is 0 Å². The number of carboxylic acids is 1. The Balaban J connectivity index is 1.93. The fourth-order valence-corrected chi connectivity index (χ4v) is 2.45. The summed E-state index contributed by atoms with van der Waals surface area (Å²) >= 11 is 0. The van der Waals surface area contributed by atoms with Crippen LogP contribution in [0.1, 0.15) is 28.5 Å². The second-order valence-corrected chi connectivity index (χ2v) is 5.23. The largest absolute Gasteiger partial charge is 0.481 e. The maximum absolute atomic E-state index is 14.0. The van der Waals surface area contributed by atoms with Gasteiger partial charge in [-0.25, -0.2) is 18.3 Å². The summed E-state index contributed by atoms with van der Waals surface area (Å²) < 4.78 is 28.3. The number of hydrogen-bond acceptors (Lipinski definition) is 4. The Morgan fingerprint density at radius 1 is 1.24 bits per heavy atom. The van der Waals surface area contributed by atoms with Gasteiger partial charge in [0.2, 0.25) is 0 Å². The zero-order valence-corrected chi connectivity index (χ0v) is 12.7. The third-order valence-corrected chi connectivity index (χ3v) is 3.56. The van der Waals surface area contributed by atoms with E-state index in [-0.39, 0.29) is 11.3 Å². The number of aromatic nitrogens is 3. The van der Waals surface area contributed by atoms with E-state index < -0.39 is 36.0 Å². The molecule has 1 amide bonds. The van der Waals surface area contributed by atoms with Gasteiger partial charge in [-0.15, -0.1) is 0 Å². The van der Waals surface area contributed by atoms with Crippen LogP contribution in [0.5, 0.6) is 0 Å². The van der Waals surface area contributed by atoms with Gasteiger partial charge < -0.3 is 10.4 Å². The number of nitrogens with one attached hydrogen (secondary N) is 1. The molecule has 25 heavy (non-hydrogen) atoms. The third-order valence-electron chi connectivity index (χ3n) is 3.56. The van der Waals surface area contributed by atoms with Crippen molar-refractivity contribution in [3.05, 3.63) is 65.6 Å². The molecular formula is C16H12F2N4O3. The molecule has 2 N–H and O–H groups in total. The molecule has 9 heteroatoms. The van der Waals surface area contributed by atoms with Crippen LogP contribution in [0.4, 0.5) is 8.78 Å². The van der Waals surface area contributed by atoms with Crippen LogP contribution in [0.15, 0.2) is 42.7 Å². The van der Waals surface area contributed by atoms with Crippen molar-refractivity contribution >= 4 is 17.5 Å². The van der Waals surface area contributed by atoms with Crippen molar-refractivity contribution in [2.24, 2.45) is 0 Å². The number of hydrogen-bond donors (Lipinski definition) is 2. The number of halogens is 2. The van der Waals surface area contributed by atoms with Crippen LogP contribution in [0.3, 0.4) is 0 Å². The predicted octanol–water partition coefficient (Wildman–Crippen LogP) is 1.95. The van der Waals surface area contributed by atoms with Gasteiger partial charge in [0.05, 0.1) is 12.5 Å². The average Bonchev–Trinajstić information content (AvgIpc) is 3.02. The maximum Gasteiger partial charge on any atom is 0.305 e. The molecule has 1 aromatic carbocycles. The van der Waals surface area contributed by atoms with E-state index >= 15 is 0 Å². The van der Waals surface area contributed by atoms with E-state index in [2.05, 4.69) is 15.4 Å². The van der Waals surface area contributed by atoms with E-state index in [0.717, 1.165) is 12.1 Å². The van der Waals surface area contributed by atoms with Gasteiger partial charge in [-0.3, -0.25) is 9.59 Å². The Bertz CT molecular complexity index is 957. The highest BCUT2D eigenvalue weighted by Crippen LogP contribution is 2.22. The standard InChI is InChI=1S/C16H12F2N4O3/c17-9-4-5-10(11(18)6-9)12(7-15(23)24)21-16(25)13-2-1-3-14-19-8-20-22(13)14/h1-6,8,12H,7H2,(H,21,25)(H,23,24)/t12-/m1/s1. The second kappa shape index (κ2) is 6.63. The smallest absolute Gasteiger partial charge is 0.305 e. The zero-order valence-electron chi connectivity index (χ0n) is 12.7. The van der Waals surface area contributed by atoms with Gasteiger partial charge in [0.25, 0.3) is 5.91 Å². The molecule has 0 saturated carbocycles. The van der Waals surface area contributed by atoms with Gasteiger partial charge in [0.1, 0.15) is 23.7 Å². The summed E-state index contributed by atoms with van der Waals surface area (Å²) in [6.45, 7) is 0. The summed E-state index contributed by atoms with van der Waals surface area (Å²) in [4.78, 5) is 27.5. The summed E-state index contributed by atoms with van der Waals surface area (Å²) in [7, 11) is 0. The minimum atomic E-state index is -1.24. The SMILES string of the molecule is O=C(O)C[C@@H](NC(=O)c1cccc2ncnn12)c1ccc(F)cc1F. The predicted molar refractivity (Wildman–Crippen MR) is 81.8 cm³/mol. The number of rotatable bonds is 5. The Morgan fingerprint density at radius 3 is 2.76 bits per heavy atom. The summed E-state index contributed by atoms with van der Waals surface area (Å²) in [5.41, 5.74) is 0.409. The van der Waals surface area contributed by atoms with E-state index in [9.17, 15) is 18.4 Å². The molecule has 2 aromatic heterocycles. The zero-order chi connectivity index (χ0) is 18.0. The van der Waals surface area contributed by atoms with E-state index in [1.165, 1.54) is 16.9 Å². The van der Waals surface area contributed by atoms with Crippen molar-refractivity contribution in [3.8, 4) is 0 Å². The fraction of sp³-hybridized carbons (Fsp3) is 0.125. The van der Waals surface area contributed by atoms with Gasteiger partial charge >= 0.3 is 5.97 Å². The van der Waals surface area contributed by atoms with Crippen LogP contribution < -0.4 is 5.32 Å². The first-order chi connectivity index (χ1) is 12.0. The highest BCUT2D eigenvalue weighted by Gasteiger charge is 2.23. The van der Waals surface area contributed by atoms with Crippen molar-refractivity contribution in [2.45, 2.75) is 12.5 Å². The lowest BCUT2D eigenvalue weighted by Gasteiger charge is -2.18. The molecule has 3 rings (SSSR count). The fourth-order valence-electron chi connectivity index (χ4n) is 2.45. The van der Waals surface area contributed by atoms with Gasteiger partial charge in [-0.05, 0) is 18.2 Å². The number of nitrogens with zero attached hydrogens (tertiary/aromatic N) is 3. The molecule has 0 spiro atoms. The van der Waals surface area contributed by atoms with Crippen molar-refractivity contribution < 1.29 is 23.5 Å². The number of pyridine rings is 1. The molecule has 0 aliphatic carbocycles. The molecule has 0 saturated heterocycles. The van der Waals surface area contributed by atoms with Crippen LogP contribution in [0.25, 0.3) is 5.65 Å². The van der Waals surface area contributed by atoms with Crippen molar-refractivity contribution in [3.63, 3.8) is 0 Å². The second-order valence-electron chi connectivity index (χ2n) is 5.23. The molecule has 2 heterocycles. The molecule has 0 fully saturated rings. The van der Waals surface area contributed by atoms with Gasteiger partial charge in [-0.2, -0.15) is 5.10 Å². The third kappa shape index (κ3) is 3.44. The summed E-state index contributed by atoms with van der Waals surface area (Å²) in [5, 5.41) is 15.4. The molecule has 128 valence electrons. The van der Waals surface area contributed by atoms with Gasteiger partial charge in [0.15, 0.2) is 5.65 Å². The summed E-state index contributed by atoms with van der Waals surface area (Å²) in [5.74, 6) is -3.64. The highest BCUT2D eigenvalue weighted by atomic mass is 19.1. The molecule has 0 aliphatic rings. The molecule has 0 radical (unpaired) electrons. The lowest BCUT2D eigenvalue weighted by atomic mass is 10.0. The van der Waals surface area contributed by atoms with E-state index in [1.807, 2.05) is 0 Å². The molecule has 0 bridgehead atoms. The average molecular weight is 346 g/mol. The van der Waals surface area contributed by atoms with E-state index in [1.54, 1.807) is 12.1 Å². The Kier molecular flexibility index (Phi) is 4.38. The molecule has 1 atom stereocenters. The number of carbonyl (C=O) groups is 2. The first-order valence-electron chi connectivity index (χ1n) is 7.22. The van der Waals surface area contributed by atoms with E-state index in [0.29, 0.717) is 11.7 Å². The minimum absolute atomic E-state index is 0.105. The number of benzene rings is 1. The van der Waals surface area contributed by atoms with Crippen LogP contribution in [-0.2, 0) is 4.79 Å². The van der Waals surface area contributed by atoms with Crippen LogP contribution in [0.2, 0.25) is 0 Å². The van der Waals surface area contributed by atoms with Crippen molar-refractivity contribution in [2.75, 3.05) is 0 Å². The number of carbonyl (C=O) groups excluding carboxylic acids is 1. The van der Waals surface area contributed by atoms with Crippen LogP contribution >= 0.6 is 0 Å². The van der Waals surface area contributed by atoms with E-state index in [4.69, 9.17) is 5.11 Å². The van der Waals surface area contributed by atoms with Crippen LogP contribution in [0, 0.1) is 11.6 Å². The van der Waals surface area contributed by atoms with Crippen LogP contribution in [-0.4, -0.2) is 31.6 Å². The van der Waals surface area contributed by atoms with Crippen molar-refractivity contribution in [1.82, 2.24) is 19.9 Å². The first kappa shape index (κ1) is 16.5. The summed E-state index contributed by atoms with van der Waals surface area (Å²) in [6, 6.07) is 6.25. The topological polar surface area (TPSA) is 96.6 Å². The molecular weight excluding hydrogens is 334 g/mol. The molecule has 3 aromatic rings. The highest BCUT2D eigenvalue weighted by molar-refractivity contribution is 5.93. The summed E-state index contributed by atoms with van der Waals surface area (Å²) in [6.07, 6.45) is 0.697. The Labute approximate surface area is 139 Å². The maximum atomic E-state index is 14.0. The quantitative estimate of drug-likeness (QED) is 0.736. The lowest BCUT2D eigenvalue weighted by Crippen LogP contribution is -2.32. The van der Waals surface area contributed by atoms with Gasteiger partial charge in [0, 0.05) is 11.6 Å². The minimum Gasteiger partial charge on any atom is -0.481 e. The number of carboxylic acid groups (broad SMARTS) is 1. The normalized spacial score (nSPS) is 12.1. The Hall–Kier alpha value is -3.36. The molecule has 0 unspecified atom stereocenters. The number of fused-ring (bicyclic) bond motifs is 1. The monoisotopic (exact) mass is 346 g/mol. The molecule has 7 nitrogen and oxygen atoms in total. The number of amides is 1. The van der Waals surface area contributed by atoms with Gasteiger partial charge in [-0.1, -0.05) is 12.1 Å². The number of aliphatic carboxylic acids is 1. The first-order valence-corrected chi connectivity index (χ1v) is 7.22. The molecule has 0 aliphatic heterocycles. The lowest BCUT2D eigenvalue weighted by molar-refractivity contribution is -0.137. The Morgan fingerprint density at radius 2 is 2.04 bits per heavy atom.